The second kappa shape index (κ2) is 8.14. The van der Waals surface area contributed by atoms with E-state index in [4.69, 9.17) is 11.6 Å². The zero-order chi connectivity index (χ0) is 17.6. The molecule has 1 aromatic heterocycles. The normalized spacial score (nSPS) is 10.5. The van der Waals surface area contributed by atoms with Gasteiger partial charge in [-0.05, 0) is 67.3 Å². The van der Waals surface area contributed by atoms with E-state index in [0.717, 1.165) is 29.4 Å². The SMILES string of the molecule is CCCc1ccc2c(c1)cc(C#CCNc1ccc(Cl)cc1)n2CC. The number of nitrogens with one attached hydrogen (secondary N) is 1. The fraction of sp³-hybridized carbons (Fsp3) is 0.273. The first-order valence-corrected chi connectivity index (χ1v) is 9.19. The molecule has 3 aromatic rings. The summed E-state index contributed by atoms with van der Waals surface area (Å²) in [5.41, 5.74) is 4.76. The summed E-state index contributed by atoms with van der Waals surface area (Å²) in [5.74, 6) is 6.54. The quantitative estimate of drug-likeness (QED) is 0.581. The van der Waals surface area contributed by atoms with Crippen LogP contribution in [0.3, 0.4) is 0 Å². The molecule has 25 heavy (non-hydrogen) atoms. The van der Waals surface area contributed by atoms with E-state index in [1.54, 1.807) is 0 Å². The van der Waals surface area contributed by atoms with Crippen LogP contribution in [-0.4, -0.2) is 11.1 Å². The van der Waals surface area contributed by atoms with Gasteiger partial charge >= 0.3 is 0 Å². The van der Waals surface area contributed by atoms with E-state index in [1.807, 2.05) is 24.3 Å². The maximum Gasteiger partial charge on any atom is 0.0931 e. The van der Waals surface area contributed by atoms with E-state index >= 15 is 0 Å². The van der Waals surface area contributed by atoms with Crippen molar-refractivity contribution in [2.75, 3.05) is 11.9 Å². The van der Waals surface area contributed by atoms with Gasteiger partial charge in [-0.1, -0.05) is 36.9 Å². The molecule has 0 radical (unpaired) electrons. The minimum Gasteiger partial charge on any atom is -0.374 e. The van der Waals surface area contributed by atoms with Crippen LogP contribution in [0.15, 0.2) is 48.5 Å². The third-order valence-corrected chi connectivity index (χ3v) is 4.51. The molecule has 0 aliphatic rings. The minimum absolute atomic E-state index is 0.605. The lowest BCUT2D eigenvalue weighted by molar-refractivity contribution is 0.787. The Morgan fingerprint density at radius 3 is 2.56 bits per heavy atom. The molecule has 0 spiro atoms. The van der Waals surface area contributed by atoms with Crippen LogP contribution in [0.5, 0.6) is 0 Å². The second-order valence-corrected chi connectivity index (χ2v) is 6.52. The number of halogens is 1. The van der Waals surface area contributed by atoms with Gasteiger partial charge < -0.3 is 9.88 Å². The van der Waals surface area contributed by atoms with Gasteiger partial charge in [0.1, 0.15) is 0 Å². The topological polar surface area (TPSA) is 17.0 Å². The summed E-state index contributed by atoms with van der Waals surface area (Å²) in [7, 11) is 0. The number of fused-ring (bicyclic) bond motifs is 1. The number of nitrogens with zero attached hydrogens (tertiary/aromatic N) is 1. The fourth-order valence-electron chi connectivity index (χ4n) is 3.06. The summed E-state index contributed by atoms with van der Waals surface area (Å²) in [6.07, 6.45) is 2.29. The van der Waals surface area contributed by atoms with Crippen molar-refractivity contribution in [2.45, 2.75) is 33.2 Å². The van der Waals surface area contributed by atoms with Crippen LogP contribution in [0, 0.1) is 11.8 Å². The van der Waals surface area contributed by atoms with Crippen molar-refractivity contribution in [3.63, 3.8) is 0 Å². The maximum absolute atomic E-state index is 5.90. The predicted molar refractivity (Wildman–Crippen MR) is 108 cm³/mol. The molecule has 1 N–H and O–H groups in total. The van der Waals surface area contributed by atoms with Gasteiger partial charge in [0, 0.05) is 28.2 Å². The third kappa shape index (κ3) is 4.18. The largest absolute Gasteiger partial charge is 0.374 e. The Balaban J connectivity index is 1.77. The zero-order valence-electron chi connectivity index (χ0n) is 14.8. The number of aryl methyl sites for hydroxylation is 2. The molecule has 2 nitrogen and oxygen atoms in total. The predicted octanol–water partition coefficient (Wildman–Crippen LogP) is 5.73. The number of rotatable bonds is 5. The minimum atomic E-state index is 0.605. The summed E-state index contributed by atoms with van der Waals surface area (Å²) in [4.78, 5) is 0. The summed E-state index contributed by atoms with van der Waals surface area (Å²) in [5, 5.41) is 5.32. The molecule has 0 saturated heterocycles. The third-order valence-electron chi connectivity index (χ3n) is 4.26. The molecule has 1 heterocycles. The molecule has 0 fully saturated rings. The van der Waals surface area contributed by atoms with Crippen molar-refractivity contribution in [2.24, 2.45) is 0 Å². The Hall–Kier alpha value is -2.37. The van der Waals surface area contributed by atoms with E-state index < -0.39 is 0 Å². The number of benzene rings is 2. The maximum atomic E-state index is 5.90. The fourth-order valence-corrected chi connectivity index (χ4v) is 3.18. The summed E-state index contributed by atoms with van der Waals surface area (Å²) in [6.45, 7) is 5.90. The molecule has 0 saturated carbocycles. The van der Waals surface area contributed by atoms with Gasteiger partial charge in [0.05, 0.1) is 12.2 Å². The monoisotopic (exact) mass is 350 g/mol. The van der Waals surface area contributed by atoms with E-state index in [-0.39, 0.29) is 0 Å². The lowest BCUT2D eigenvalue weighted by atomic mass is 10.1. The van der Waals surface area contributed by atoms with E-state index in [9.17, 15) is 0 Å². The highest BCUT2D eigenvalue weighted by Gasteiger charge is 2.06. The molecule has 0 bridgehead atoms. The first-order valence-electron chi connectivity index (χ1n) is 8.81. The highest BCUT2D eigenvalue weighted by molar-refractivity contribution is 6.30. The van der Waals surface area contributed by atoms with Gasteiger partial charge in [-0.3, -0.25) is 0 Å². The smallest absolute Gasteiger partial charge is 0.0931 e. The molecule has 3 rings (SSSR count). The van der Waals surface area contributed by atoms with Crippen LogP contribution in [-0.2, 0) is 13.0 Å². The number of aromatic nitrogens is 1. The van der Waals surface area contributed by atoms with Crippen molar-refractivity contribution >= 4 is 28.2 Å². The van der Waals surface area contributed by atoms with Gasteiger partial charge in [-0.2, -0.15) is 0 Å². The van der Waals surface area contributed by atoms with Gasteiger partial charge in [-0.15, -0.1) is 0 Å². The van der Waals surface area contributed by atoms with Crippen LogP contribution in [0.1, 0.15) is 31.5 Å². The molecular formula is C22H23ClN2. The van der Waals surface area contributed by atoms with Crippen LogP contribution >= 0.6 is 11.6 Å². The molecule has 0 unspecified atom stereocenters. The Labute approximate surface area is 154 Å². The average molecular weight is 351 g/mol. The van der Waals surface area contributed by atoms with Crippen molar-refractivity contribution in [1.29, 1.82) is 0 Å². The van der Waals surface area contributed by atoms with Crippen LogP contribution < -0.4 is 5.32 Å². The first-order chi connectivity index (χ1) is 12.2. The highest BCUT2D eigenvalue weighted by atomic mass is 35.5. The van der Waals surface area contributed by atoms with Crippen molar-refractivity contribution in [1.82, 2.24) is 4.57 Å². The van der Waals surface area contributed by atoms with Crippen LogP contribution in [0.2, 0.25) is 5.02 Å². The number of hydrogen-bond donors (Lipinski definition) is 1. The van der Waals surface area contributed by atoms with Gasteiger partial charge in [-0.25, -0.2) is 0 Å². The van der Waals surface area contributed by atoms with Crippen LogP contribution in [0.4, 0.5) is 5.69 Å². The van der Waals surface area contributed by atoms with E-state index in [1.165, 1.54) is 22.9 Å². The standard InChI is InChI=1S/C22H23ClN2/c1-3-6-17-8-13-22-18(15-17)16-21(25(22)4-2)7-5-14-24-20-11-9-19(23)10-12-20/h8-13,15-16,24H,3-4,6,14H2,1-2H3. The highest BCUT2D eigenvalue weighted by Crippen LogP contribution is 2.22. The van der Waals surface area contributed by atoms with Crippen molar-refractivity contribution in [3.8, 4) is 11.8 Å². The molecule has 128 valence electrons. The second-order valence-electron chi connectivity index (χ2n) is 6.08. The molecule has 0 aliphatic carbocycles. The molecule has 0 atom stereocenters. The molecule has 3 heteroatoms. The Bertz CT molecular complexity index is 911. The lowest BCUT2D eigenvalue weighted by Crippen LogP contribution is -2.00. The molecule has 0 aliphatic heterocycles. The Morgan fingerprint density at radius 1 is 1.04 bits per heavy atom. The summed E-state index contributed by atoms with van der Waals surface area (Å²) < 4.78 is 2.28. The molecule has 0 amide bonds. The van der Waals surface area contributed by atoms with Gasteiger partial charge in [0.25, 0.3) is 0 Å². The van der Waals surface area contributed by atoms with Crippen LogP contribution in [0.25, 0.3) is 10.9 Å². The van der Waals surface area contributed by atoms with Crippen molar-refractivity contribution < 1.29 is 0 Å². The van der Waals surface area contributed by atoms with Gasteiger partial charge in [0.2, 0.25) is 0 Å². The molecular weight excluding hydrogens is 328 g/mol. The number of hydrogen-bond acceptors (Lipinski definition) is 1. The van der Waals surface area contributed by atoms with E-state index in [2.05, 4.69) is 59.8 Å². The first kappa shape index (κ1) is 17.5. The Morgan fingerprint density at radius 2 is 1.84 bits per heavy atom. The lowest BCUT2D eigenvalue weighted by Gasteiger charge is -2.04. The van der Waals surface area contributed by atoms with Crippen molar-refractivity contribution in [3.05, 3.63) is 64.8 Å². The van der Waals surface area contributed by atoms with Gasteiger partial charge in [0.15, 0.2) is 0 Å². The van der Waals surface area contributed by atoms with E-state index in [0.29, 0.717) is 6.54 Å². The Kier molecular flexibility index (Phi) is 5.68. The summed E-state index contributed by atoms with van der Waals surface area (Å²) >= 11 is 5.90. The summed E-state index contributed by atoms with van der Waals surface area (Å²) in [6, 6.07) is 16.6. The number of anilines is 1. The zero-order valence-corrected chi connectivity index (χ0v) is 15.5. The average Bonchev–Trinajstić information content (AvgIpc) is 2.97. The molecule has 2 aromatic carbocycles.